The molecule has 1 atom stereocenters. The van der Waals surface area contributed by atoms with Gasteiger partial charge in [0.05, 0.1) is 5.75 Å². The van der Waals surface area contributed by atoms with Crippen molar-refractivity contribution >= 4 is 19.7 Å². The van der Waals surface area contributed by atoms with E-state index in [4.69, 9.17) is 10.7 Å². The van der Waals surface area contributed by atoms with Gasteiger partial charge in [0.2, 0.25) is 9.05 Å². The van der Waals surface area contributed by atoms with Gasteiger partial charge in [0.25, 0.3) is 0 Å². The number of benzene rings is 1. The highest BCUT2D eigenvalue weighted by Gasteiger charge is 2.29. The summed E-state index contributed by atoms with van der Waals surface area (Å²) in [6.07, 6.45) is 4.64. The van der Waals surface area contributed by atoms with Crippen molar-refractivity contribution in [1.82, 2.24) is 0 Å². The third-order valence-corrected chi connectivity index (χ3v) is 4.95. The summed E-state index contributed by atoms with van der Waals surface area (Å²) in [5.41, 5.74) is 2.29. The van der Waals surface area contributed by atoms with Crippen LogP contribution in [-0.4, -0.2) is 14.2 Å². The van der Waals surface area contributed by atoms with Gasteiger partial charge in [-0.2, -0.15) is 0 Å². The Hall–Kier alpha value is -0.540. The van der Waals surface area contributed by atoms with Crippen LogP contribution in [0.25, 0.3) is 0 Å². The average molecular weight is 287 g/mol. The summed E-state index contributed by atoms with van der Waals surface area (Å²) in [4.78, 5) is 0. The van der Waals surface area contributed by atoms with E-state index >= 15 is 0 Å². The number of hydrogen-bond donors (Lipinski definition) is 0. The molecule has 0 bridgehead atoms. The fraction of sp³-hybridized carbons (Fsp3) is 0.571. The van der Waals surface area contributed by atoms with Crippen molar-refractivity contribution in [3.05, 3.63) is 35.4 Å². The van der Waals surface area contributed by atoms with Gasteiger partial charge in [0, 0.05) is 16.6 Å². The lowest BCUT2D eigenvalue weighted by Crippen LogP contribution is -2.18. The first kappa shape index (κ1) is 13.9. The first-order valence-corrected chi connectivity index (χ1v) is 8.92. The zero-order valence-corrected chi connectivity index (χ0v) is 12.2. The van der Waals surface area contributed by atoms with Crippen LogP contribution in [0.2, 0.25) is 0 Å². The number of halogens is 1. The van der Waals surface area contributed by atoms with Gasteiger partial charge >= 0.3 is 0 Å². The van der Waals surface area contributed by atoms with Crippen molar-refractivity contribution in [3.8, 4) is 0 Å². The SMILES string of the molecule is Cc1cccc(C(CS(=O)(=O)Cl)C2CCCC2)c1. The molecule has 100 valence electrons. The van der Waals surface area contributed by atoms with Crippen molar-refractivity contribution < 1.29 is 8.42 Å². The summed E-state index contributed by atoms with van der Waals surface area (Å²) < 4.78 is 22.8. The number of hydrogen-bond acceptors (Lipinski definition) is 2. The van der Waals surface area contributed by atoms with Crippen molar-refractivity contribution in [2.75, 3.05) is 5.75 Å². The minimum absolute atomic E-state index is 0.0508. The van der Waals surface area contributed by atoms with E-state index in [9.17, 15) is 8.42 Å². The van der Waals surface area contributed by atoms with Crippen LogP contribution in [0.4, 0.5) is 0 Å². The molecule has 0 radical (unpaired) electrons. The van der Waals surface area contributed by atoms with Gasteiger partial charge in [-0.05, 0) is 31.2 Å². The normalized spacial score (nSPS) is 19.0. The molecule has 1 saturated carbocycles. The van der Waals surface area contributed by atoms with E-state index < -0.39 is 9.05 Å². The Kier molecular flexibility index (Phi) is 4.33. The summed E-state index contributed by atoms with van der Waals surface area (Å²) >= 11 is 0. The van der Waals surface area contributed by atoms with Crippen LogP contribution in [0.3, 0.4) is 0 Å². The van der Waals surface area contributed by atoms with Gasteiger partial charge in [-0.15, -0.1) is 0 Å². The molecule has 4 heteroatoms. The van der Waals surface area contributed by atoms with E-state index in [2.05, 4.69) is 6.07 Å². The second-order valence-corrected chi connectivity index (χ2v) is 8.09. The Balaban J connectivity index is 2.29. The molecule has 0 aromatic heterocycles. The number of aryl methyl sites for hydroxylation is 1. The fourth-order valence-corrected chi connectivity index (χ4v) is 4.28. The minimum Gasteiger partial charge on any atom is -0.212 e. The molecule has 1 aromatic rings. The average Bonchev–Trinajstić information content (AvgIpc) is 2.78. The molecule has 0 saturated heterocycles. The molecular formula is C14H19ClO2S. The van der Waals surface area contributed by atoms with E-state index in [1.165, 1.54) is 18.4 Å². The van der Waals surface area contributed by atoms with Crippen molar-refractivity contribution in [1.29, 1.82) is 0 Å². The van der Waals surface area contributed by atoms with E-state index in [0.717, 1.165) is 18.4 Å². The smallest absolute Gasteiger partial charge is 0.212 e. The minimum atomic E-state index is -3.45. The summed E-state index contributed by atoms with van der Waals surface area (Å²) in [7, 11) is 2.02. The van der Waals surface area contributed by atoms with Gasteiger partial charge < -0.3 is 0 Å². The zero-order chi connectivity index (χ0) is 13.2. The van der Waals surface area contributed by atoms with Crippen LogP contribution >= 0.6 is 10.7 Å². The molecule has 1 unspecified atom stereocenters. The molecule has 1 aliphatic carbocycles. The number of rotatable bonds is 4. The van der Waals surface area contributed by atoms with Crippen molar-refractivity contribution in [2.45, 2.75) is 38.5 Å². The highest BCUT2D eigenvalue weighted by molar-refractivity contribution is 8.13. The molecule has 0 spiro atoms. The lowest BCUT2D eigenvalue weighted by atomic mass is 9.86. The molecule has 0 N–H and O–H groups in total. The van der Waals surface area contributed by atoms with Gasteiger partial charge in [0.15, 0.2) is 0 Å². The highest BCUT2D eigenvalue weighted by Crippen LogP contribution is 2.38. The van der Waals surface area contributed by atoms with E-state index in [-0.39, 0.29) is 11.7 Å². The lowest BCUT2D eigenvalue weighted by Gasteiger charge is -2.23. The summed E-state index contributed by atoms with van der Waals surface area (Å²) in [5.74, 6) is 0.568. The van der Waals surface area contributed by atoms with Gasteiger partial charge in [0.1, 0.15) is 0 Å². The topological polar surface area (TPSA) is 34.1 Å². The molecule has 18 heavy (non-hydrogen) atoms. The largest absolute Gasteiger partial charge is 0.233 e. The van der Waals surface area contributed by atoms with E-state index in [0.29, 0.717) is 5.92 Å². The first-order chi connectivity index (χ1) is 8.46. The second kappa shape index (κ2) is 5.62. The zero-order valence-electron chi connectivity index (χ0n) is 10.6. The molecule has 2 nitrogen and oxygen atoms in total. The van der Waals surface area contributed by atoms with Gasteiger partial charge in [-0.3, -0.25) is 0 Å². The van der Waals surface area contributed by atoms with Crippen LogP contribution in [0, 0.1) is 12.8 Å². The van der Waals surface area contributed by atoms with Crippen LogP contribution in [0.15, 0.2) is 24.3 Å². The molecule has 1 aliphatic rings. The lowest BCUT2D eigenvalue weighted by molar-refractivity contribution is 0.459. The van der Waals surface area contributed by atoms with Crippen molar-refractivity contribution in [2.24, 2.45) is 5.92 Å². The molecule has 1 fully saturated rings. The third kappa shape index (κ3) is 3.72. The Morgan fingerprint density at radius 3 is 2.56 bits per heavy atom. The van der Waals surface area contributed by atoms with E-state index in [1.807, 2.05) is 25.1 Å². The summed E-state index contributed by atoms with van der Waals surface area (Å²) in [5, 5.41) is 0. The predicted octanol–water partition coefficient (Wildman–Crippen LogP) is 3.84. The molecule has 1 aromatic carbocycles. The third-order valence-electron chi connectivity index (χ3n) is 3.82. The maximum absolute atomic E-state index is 11.4. The Bertz CT molecular complexity index is 504. The van der Waals surface area contributed by atoms with Crippen LogP contribution in [-0.2, 0) is 9.05 Å². The van der Waals surface area contributed by atoms with Gasteiger partial charge in [-0.25, -0.2) is 8.42 Å². The maximum Gasteiger partial charge on any atom is 0.233 e. The van der Waals surface area contributed by atoms with Crippen molar-refractivity contribution in [3.63, 3.8) is 0 Å². The van der Waals surface area contributed by atoms with Crippen LogP contribution in [0.1, 0.15) is 42.7 Å². The Labute approximate surface area is 114 Å². The van der Waals surface area contributed by atoms with Gasteiger partial charge in [-0.1, -0.05) is 42.7 Å². The summed E-state index contributed by atoms with van der Waals surface area (Å²) in [6, 6.07) is 8.14. The summed E-state index contributed by atoms with van der Waals surface area (Å²) in [6.45, 7) is 2.03. The maximum atomic E-state index is 11.4. The monoisotopic (exact) mass is 286 g/mol. The predicted molar refractivity (Wildman–Crippen MR) is 75.5 cm³/mol. The quantitative estimate of drug-likeness (QED) is 0.788. The first-order valence-electron chi connectivity index (χ1n) is 6.44. The molecular weight excluding hydrogens is 268 g/mol. The Morgan fingerprint density at radius 2 is 2.00 bits per heavy atom. The highest BCUT2D eigenvalue weighted by atomic mass is 35.7. The fourth-order valence-electron chi connectivity index (χ4n) is 2.98. The molecule has 0 heterocycles. The molecule has 0 aliphatic heterocycles. The second-order valence-electron chi connectivity index (χ2n) is 5.27. The molecule has 0 amide bonds. The van der Waals surface area contributed by atoms with Crippen LogP contribution < -0.4 is 0 Å². The molecule has 2 rings (SSSR count). The van der Waals surface area contributed by atoms with E-state index in [1.54, 1.807) is 0 Å². The van der Waals surface area contributed by atoms with Crippen LogP contribution in [0.5, 0.6) is 0 Å². The Morgan fingerprint density at radius 1 is 1.33 bits per heavy atom. The standard InChI is InChI=1S/C14H19ClO2S/c1-11-5-4-8-13(9-11)14(10-18(15,16)17)12-6-2-3-7-12/h4-5,8-9,12,14H,2-3,6-7,10H2,1H3.